The van der Waals surface area contributed by atoms with Gasteiger partial charge in [-0.25, -0.2) is 0 Å². The number of rotatable bonds is 3. The zero-order valence-corrected chi connectivity index (χ0v) is 8.59. The van der Waals surface area contributed by atoms with Gasteiger partial charge in [-0.2, -0.15) is 0 Å². The minimum Gasteiger partial charge on any atom is -0.497 e. The molecule has 1 aromatic rings. The van der Waals surface area contributed by atoms with Crippen LogP contribution in [0.5, 0.6) is 5.75 Å². The van der Waals surface area contributed by atoms with Crippen LogP contribution in [0.15, 0.2) is 18.2 Å². The van der Waals surface area contributed by atoms with Gasteiger partial charge in [0.1, 0.15) is 5.75 Å². The molecule has 1 rings (SSSR count). The minimum absolute atomic E-state index is 0.208. The maximum Gasteiger partial charge on any atom is 0.229 e. The van der Waals surface area contributed by atoms with E-state index in [2.05, 4.69) is 0 Å². The first-order valence-corrected chi connectivity index (χ1v) is 4.33. The topological polar surface area (TPSA) is 43.4 Å². The second kappa shape index (κ2) is 4.24. The standard InChI is InChI=1S/C10H9ClO3/c1-6(12)10(13)8-4-3-7(14-2)5-9(8)11/h3-5H,1-2H3. The Kier molecular flexibility index (Phi) is 3.25. The zero-order chi connectivity index (χ0) is 10.7. The lowest BCUT2D eigenvalue weighted by Crippen LogP contribution is -2.10. The van der Waals surface area contributed by atoms with Crippen molar-refractivity contribution in [1.29, 1.82) is 0 Å². The van der Waals surface area contributed by atoms with E-state index in [1.165, 1.54) is 26.2 Å². The lowest BCUT2D eigenvalue weighted by molar-refractivity contribution is -0.113. The van der Waals surface area contributed by atoms with E-state index in [1.54, 1.807) is 6.07 Å². The molecule has 74 valence electrons. The quantitative estimate of drug-likeness (QED) is 0.570. The third-order valence-corrected chi connectivity index (χ3v) is 2.05. The first kappa shape index (κ1) is 10.7. The molecule has 0 saturated carbocycles. The number of ether oxygens (including phenoxy) is 1. The molecule has 0 radical (unpaired) electrons. The Morgan fingerprint density at radius 1 is 1.36 bits per heavy atom. The number of Topliss-reactive ketones (excluding diaryl/α,β-unsaturated/α-hetero) is 2. The number of hydrogen-bond acceptors (Lipinski definition) is 3. The number of hydrogen-bond donors (Lipinski definition) is 0. The molecule has 0 aliphatic heterocycles. The van der Waals surface area contributed by atoms with Crippen molar-refractivity contribution in [2.45, 2.75) is 6.92 Å². The van der Waals surface area contributed by atoms with Crippen molar-refractivity contribution in [2.75, 3.05) is 7.11 Å². The molecule has 0 amide bonds. The lowest BCUT2D eigenvalue weighted by Gasteiger charge is -2.03. The molecule has 0 spiro atoms. The van der Waals surface area contributed by atoms with Gasteiger partial charge in [-0.05, 0) is 18.2 Å². The summed E-state index contributed by atoms with van der Waals surface area (Å²) in [5.41, 5.74) is 0.208. The van der Waals surface area contributed by atoms with Gasteiger partial charge in [0, 0.05) is 12.5 Å². The lowest BCUT2D eigenvalue weighted by atomic mass is 10.1. The van der Waals surface area contributed by atoms with Gasteiger partial charge in [-0.3, -0.25) is 9.59 Å². The highest BCUT2D eigenvalue weighted by molar-refractivity contribution is 6.47. The van der Waals surface area contributed by atoms with Crippen molar-refractivity contribution >= 4 is 23.2 Å². The van der Waals surface area contributed by atoms with Crippen LogP contribution in [0.1, 0.15) is 17.3 Å². The van der Waals surface area contributed by atoms with Crippen molar-refractivity contribution in [2.24, 2.45) is 0 Å². The molecule has 0 aromatic heterocycles. The maximum atomic E-state index is 11.3. The third-order valence-electron chi connectivity index (χ3n) is 1.74. The van der Waals surface area contributed by atoms with Crippen molar-refractivity contribution in [3.05, 3.63) is 28.8 Å². The Morgan fingerprint density at radius 2 is 2.00 bits per heavy atom. The average molecular weight is 213 g/mol. The Balaban J connectivity index is 3.12. The summed E-state index contributed by atoms with van der Waals surface area (Å²) < 4.78 is 4.91. The molecular formula is C10H9ClO3. The Bertz CT molecular complexity index is 385. The summed E-state index contributed by atoms with van der Waals surface area (Å²) in [4.78, 5) is 22.1. The second-order valence-electron chi connectivity index (χ2n) is 2.73. The van der Waals surface area contributed by atoms with Crippen LogP contribution in [-0.2, 0) is 4.79 Å². The van der Waals surface area contributed by atoms with Crippen LogP contribution in [0.2, 0.25) is 5.02 Å². The minimum atomic E-state index is -0.586. The largest absolute Gasteiger partial charge is 0.497 e. The summed E-state index contributed by atoms with van der Waals surface area (Å²) in [5.74, 6) is -0.565. The van der Waals surface area contributed by atoms with E-state index >= 15 is 0 Å². The molecule has 14 heavy (non-hydrogen) atoms. The van der Waals surface area contributed by atoms with E-state index in [0.717, 1.165) is 0 Å². The van der Waals surface area contributed by atoms with Crippen LogP contribution in [0.4, 0.5) is 0 Å². The highest BCUT2D eigenvalue weighted by Crippen LogP contribution is 2.22. The summed E-state index contributed by atoms with van der Waals surface area (Å²) in [7, 11) is 1.50. The summed E-state index contributed by atoms with van der Waals surface area (Å²) >= 11 is 5.79. The van der Waals surface area contributed by atoms with E-state index in [0.29, 0.717) is 5.75 Å². The molecule has 0 unspecified atom stereocenters. The fourth-order valence-electron chi connectivity index (χ4n) is 0.997. The summed E-state index contributed by atoms with van der Waals surface area (Å²) in [6.45, 7) is 1.21. The van der Waals surface area contributed by atoms with Gasteiger partial charge in [0.2, 0.25) is 5.78 Å². The van der Waals surface area contributed by atoms with E-state index < -0.39 is 11.6 Å². The van der Waals surface area contributed by atoms with Crippen LogP contribution < -0.4 is 4.74 Å². The number of methoxy groups -OCH3 is 1. The van der Waals surface area contributed by atoms with Gasteiger partial charge in [0.05, 0.1) is 12.1 Å². The van der Waals surface area contributed by atoms with Gasteiger partial charge in [-0.15, -0.1) is 0 Å². The van der Waals surface area contributed by atoms with Gasteiger partial charge < -0.3 is 4.74 Å². The van der Waals surface area contributed by atoms with Gasteiger partial charge in [-0.1, -0.05) is 11.6 Å². The Hall–Kier alpha value is -1.35. The SMILES string of the molecule is COc1ccc(C(=O)C(C)=O)c(Cl)c1. The Labute approximate surface area is 86.6 Å². The van der Waals surface area contributed by atoms with Gasteiger partial charge in [0.15, 0.2) is 5.78 Å². The summed E-state index contributed by atoms with van der Waals surface area (Å²) in [6, 6.07) is 4.56. The molecule has 0 saturated heterocycles. The fraction of sp³-hybridized carbons (Fsp3) is 0.200. The molecule has 0 atom stereocenters. The zero-order valence-electron chi connectivity index (χ0n) is 7.83. The van der Waals surface area contributed by atoms with Crippen molar-refractivity contribution in [1.82, 2.24) is 0 Å². The number of ketones is 2. The van der Waals surface area contributed by atoms with Crippen LogP contribution in [0.25, 0.3) is 0 Å². The molecule has 0 heterocycles. The molecule has 0 aliphatic rings. The number of carbonyl (C=O) groups excluding carboxylic acids is 2. The Morgan fingerprint density at radius 3 is 2.43 bits per heavy atom. The number of halogens is 1. The van der Waals surface area contributed by atoms with Crippen LogP contribution in [-0.4, -0.2) is 18.7 Å². The van der Waals surface area contributed by atoms with Crippen molar-refractivity contribution < 1.29 is 14.3 Å². The van der Waals surface area contributed by atoms with Crippen LogP contribution >= 0.6 is 11.6 Å². The molecule has 3 nitrogen and oxygen atoms in total. The highest BCUT2D eigenvalue weighted by atomic mass is 35.5. The molecule has 1 aromatic carbocycles. The smallest absolute Gasteiger partial charge is 0.229 e. The van der Waals surface area contributed by atoms with E-state index in [4.69, 9.17) is 16.3 Å². The van der Waals surface area contributed by atoms with Crippen LogP contribution in [0, 0.1) is 0 Å². The summed E-state index contributed by atoms with van der Waals surface area (Å²) in [5, 5.41) is 0.226. The predicted molar refractivity (Wildman–Crippen MR) is 53.0 cm³/mol. The maximum absolute atomic E-state index is 11.3. The van der Waals surface area contributed by atoms with E-state index in [9.17, 15) is 9.59 Å². The molecule has 0 bridgehead atoms. The van der Waals surface area contributed by atoms with Crippen LogP contribution in [0.3, 0.4) is 0 Å². The first-order chi connectivity index (χ1) is 6.56. The van der Waals surface area contributed by atoms with Gasteiger partial charge >= 0.3 is 0 Å². The second-order valence-corrected chi connectivity index (χ2v) is 3.14. The van der Waals surface area contributed by atoms with Crippen molar-refractivity contribution in [3.63, 3.8) is 0 Å². The number of carbonyl (C=O) groups is 2. The summed E-state index contributed by atoms with van der Waals surface area (Å²) in [6.07, 6.45) is 0. The van der Waals surface area contributed by atoms with Gasteiger partial charge in [0.25, 0.3) is 0 Å². The number of benzene rings is 1. The molecule has 0 N–H and O–H groups in total. The normalized spacial score (nSPS) is 9.64. The van der Waals surface area contributed by atoms with E-state index in [-0.39, 0.29) is 10.6 Å². The fourth-order valence-corrected chi connectivity index (χ4v) is 1.25. The average Bonchev–Trinajstić information content (AvgIpc) is 2.16. The van der Waals surface area contributed by atoms with E-state index in [1.807, 2.05) is 0 Å². The predicted octanol–water partition coefficient (Wildman–Crippen LogP) is 2.12. The molecule has 4 heteroatoms. The molecule has 0 fully saturated rings. The first-order valence-electron chi connectivity index (χ1n) is 3.95. The highest BCUT2D eigenvalue weighted by Gasteiger charge is 2.14. The third kappa shape index (κ3) is 2.12. The van der Waals surface area contributed by atoms with Crippen molar-refractivity contribution in [3.8, 4) is 5.75 Å². The molecular weight excluding hydrogens is 204 g/mol. The monoisotopic (exact) mass is 212 g/mol. The molecule has 0 aliphatic carbocycles.